The van der Waals surface area contributed by atoms with Gasteiger partial charge in [-0.15, -0.1) is 0 Å². The summed E-state index contributed by atoms with van der Waals surface area (Å²) in [5.41, 5.74) is -0.177. The molecule has 1 saturated carbocycles. The second kappa shape index (κ2) is 3.62. The van der Waals surface area contributed by atoms with E-state index in [1.54, 1.807) is 4.90 Å². The summed E-state index contributed by atoms with van der Waals surface area (Å²) in [6, 6.07) is 0.160. The number of hydrogen-bond acceptors (Lipinski definition) is 2. The number of epoxide rings is 1. The summed E-state index contributed by atoms with van der Waals surface area (Å²) in [6.45, 7) is 6.75. The van der Waals surface area contributed by atoms with Gasteiger partial charge in [0.05, 0.1) is 12.2 Å². The molecule has 2 fully saturated rings. The number of carbonyl (C=O) groups is 1. The average molecular weight is 227 g/mol. The summed E-state index contributed by atoms with van der Waals surface area (Å²) in [7, 11) is 0. The summed E-state index contributed by atoms with van der Waals surface area (Å²) in [6.07, 6.45) is 3.09. The quantitative estimate of drug-likeness (QED) is 0.700. The monoisotopic (exact) mass is 227 g/mol. The van der Waals surface area contributed by atoms with E-state index in [0.717, 1.165) is 32.3 Å². The van der Waals surface area contributed by atoms with Crippen LogP contribution in [0, 0.1) is 0 Å². The Labute approximate surface area is 96.6 Å². The van der Waals surface area contributed by atoms with E-state index >= 15 is 0 Å². The highest BCUT2D eigenvalue weighted by molar-refractivity contribution is 5.66. The van der Waals surface area contributed by atoms with Crippen molar-refractivity contribution in [3.8, 4) is 0 Å². The lowest BCUT2D eigenvalue weighted by molar-refractivity contribution is 0.0456. The first kappa shape index (κ1) is 11.7. The fourth-order valence-corrected chi connectivity index (χ4v) is 2.77. The maximum absolute atomic E-state index is 11.3. The zero-order valence-corrected chi connectivity index (χ0v) is 10.3. The van der Waals surface area contributed by atoms with E-state index in [0.29, 0.717) is 0 Å². The first-order chi connectivity index (χ1) is 7.34. The molecule has 2 aliphatic rings. The lowest BCUT2D eigenvalue weighted by Crippen LogP contribution is -2.52. The third-order valence-electron chi connectivity index (χ3n) is 3.71. The molecule has 0 bridgehead atoms. The van der Waals surface area contributed by atoms with Crippen molar-refractivity contribution in [2.45, 2.75) is 63.6 Å². The van der Waals surface area contributed by atoms with Crippen molar-refractivity contribution >= 4 is 6.09 Å². The van der Waals surface area contributed by atoms with Crippen LogP contribution in [-0.2, 0) is 4.74 Å². The van der Waals surface area contributed by atoms with Gasteiger partial charge in [0.15, 0.2) is 0 Å². The SMILES string of the molecule is CC(C)(C)N(C(=O)O)[C@H]1CC[C@@]2(CC1)CO2. The van der Waals surface area contributed by atoms with Gasteiger partial charge < -0.3 is 14.7 Å². The van der Waals surface area contributed by atoms with Gasteiger partial charge in [0.1, 0.15) is 0 Å². The van der Waals surface area contributed by atoms with Crippen LogP contribution in [0.5, 0.6) is 0 Å². The van der Waals surface area contributed by atoms with Crippen molar-refractivity contribution < 1.29 is 14.6 Å². The molecule has 92 valence electrons. The number of carboxylic acid groups (broad SMARTS) is 1. The number of ether oxygens (including phenoxy) is 1. The molecular weight excluding hydrogens is 206 g/mol. The molecule has 0 unspecified atom stereocenters. The zero-order valence-electron chi connectivity index (χ0n) is 10.3. The van der Waals surface area contributed by atoms with Crippen molar-refractivity contribution in [2.24, 2.45) is 0 Å². The minimum absolute atomic E-state index is 0.137. The lowest BCUT2D eigenvalue weighted by Gasteiger charge is -2.42. The van der Waals surface area contributed by atoms with E-state index in [4.69, 9.17) is 4.74 Å². The van der Waals surface area contributed by atoms with Gasteiger partial charge in [0.25, 0.3) is 0 Å². The van der Waals surface area contributed by atoms with Crippen molar-refractivity contribution in [3.05, 3.63) is 0 Å². The highest BCUT2D eigenvalue weighted by Gasteiger charge is 2.49. The van der Waals surface area contributed by atoms with Crippen LogP contribution in [0.2, 0.25) is 0 Å². The normalized spacial score (nSPS) is 33.8. The molecule has 1 heterocycles. The average Bonchev–Trinajstić information content (AvgIpc) is 2.87. The fourth-order valence-electron chi connectivity index (χ4n) is 2.77. The predicted molar refractivity (Wildman–Crippen MR) is 60.6 cm³/mol. The molecule has 4 heteroatoms. The third-order valence-corrected chi connectivity index (χ3v) is 3.71. The molecule has 1 amide bonds. The fraction of sp³-hybridized carbons (Fsp3) is 0.917. The molecule has 0 aromatic heterocycles. The van der Waals surface area contributed by atoms with Gasteiger partial charge in [-0.3, -0.25) is 0 Å². The Morgan fingerprint density at radius 3 is 2.19 bits per heavy atom. The van der Waals surface area contributed by atoms with Crippen molar-refractivity contribution in [3.63, 3.8) is 0 Å². The maximum Gasteiger partial charge on any atom is 0.407 e. The molecule has 4 nitrogen and oxygen atoms in total. The van der Waals surface area contributed by atoms with E-state index in [2.05, 4.69) is 0 Å². The van der Waals surface area contributed by atoms with Gasteiger partial charge in [-0.25, -0.2) is 4.79 Å². The van der Waals surface area contributed by atoms with E-state index < -0.39 is 6.09 Å². The first-order valence-electron chi connectivity index (χ1n) is 6.00. The van der Waals surface area contributed by atoms with Crippen molar-refractivity contribution in [1.29, 1.82) is 0 Å². The Kier molecular flexibility index (Phi) is 2.65. The molecule has 0 atom stereocenters. The summed E-state index contributed by atoms with van der Waals surface area (Å²) >= 11 is 0. The summed E-state index contributed by atoms with van der Waals surface area (Å²) in [5, 5.41) is 9.30. The molecule has 1 aliphatic carbocycles. The zero-order chi connectivity index (χ0) is 12.0. The van der Waals surface area contributed by atoms with Gasteiger partial charge in [0.2, 0.25) is 0 Å². The molecule has 1 N–H and O–H groups in total. The largest absolute Gasteiger partial charge is 0.465 e. The van der Waals surface area contributed by atoms with E-state index in [1.807, 2.05) is 20.8 Å². The molecule has 1 aliphatic heterocycles. The van der Waals surface area contributed by atoms with Gasteiger partial charge >= 0.3 is 6.09 Å². The highest BCUT2D eigenvalue weighted by atomic mass is 16.6. The maximum atomic E-state index is 11.3. The Hall–Kier alpha value is -0.770. The summed E-state index contributed by atoms with van der Waals surface area (Å²) in [5.74, 6) is 0. The Morgan fingerprint density at radius 2 is 1.88 bits per heavy atom. The Morgan fingerprint density at radius 1 is 1.38 bits per heavy atom. The molecule has 1 spiro atoms. The van der Waals surface area contributed by atoms with Gasteiger partial charge in [-0.2, -0.15) is 0 Å². The van der Waals surface area contributed by atoms with Crippen LogP contribution in [0.25, 0.3) is 0 Å². The summed E-state index contributed by atoms with van der Waals surface area (Å²) < 4.78 is 5.45. The number of hydrogen-bond donors (Lipinski definition) is 1. The predicted octanol–water partition coefficient (Wildman–Crippen LogP) is 2.48. The van der Waals surface area contributed by atoms with Crippen LogP contribution < -0.4 is 0 Å². The van der Waals surface area contributed by atoms with E-state index in [1.165, 1.54) is 0 Å². The van der Waals surface area contributed by atoms with Crippen molar-refractivity contribution in [2.75, 3.05) is 6.61 Å². The van der Waals surface area contributed by atoms with Gasteiger partial charge in [0, 0.05) is 11.6 Å². The molecule has 1 saturated heterocycles. The minimum atomic E-state index is -0.801. The van der Waals surface area contributed by atoms with Crippen molar-refractivity contribution in [1.82, 2.24) is 4.90 Å². The topological polar surface area (TPSA) is 53.1 Å². The second-order valence-electron chi connectivity index (χ2n) is 6.03. The molecule has 0 aromatic rings. The lowest BCUT2D eigenvalue weighted by atomic mass is 9.84. The highest BCUT2D eigenvalue weighted by Crippen LogP contribution is 2.43. The minimum Gasteiger partial charge on any atom is -0.465 e. The van der Waals surface area contributed by atoms with Gasteiger partial charge in [-0.05, 0) is 46.5 Å². The molecular formula is C12H21NO3. The Balaban J connectivity index is 2.02. The second-order valence-corrected chi connectivity index (χ2v) is 6.03. The van der Waals surface area contributed by atoms with Crippen LogP contribution in [0.15, 0.2) is 0 Å². The number of amides is 1. The third kappa shape index (κ3) is 2.17. The molecule has 0 aromatic carbocycles. The van der Waals surface area contributed by atoms with Crippen LogP contribution >= 0.6 is 0 Å². The summed E-state index contributed by atoms with van der Waals surface area (Å²) in [4.78, 5) is 12.9. The first-order valence-corrected chi connectivity index (χ1v) is 6.00. The van der Waals surface area contributed by atoms with Crippen LogP contribution in [-0.4, -0.2) is 39.9 Å². The smallest absolute Gasteiger partial charge is 0.407 e. The molecule has 0 radical (unpaired) electrons. The van der Waals surface area contributed by atoms with Crippen LogP contribution in [0.1, 0.15) is 46.5 Å². The number of rotatable bonds is 1. The molecule has 2 rings (SSSR count). The van der Waals surface area contributed by atoms with Crippen LogP contribution in [0.4, 0.5) is 4.79 Å². The number of nitrogens with zero attached hydrogens (tertiary/aromatic N) is 1. The Bertz CT molecular complexity index is 281. The standard InChI is InChI=1S/C12H21NO3/c1-11(2,3)13(10(14)15)9-4-6-12(7-5-9)8-16-12/h9H,4-8H2,1-3H3,(H,14,15)/t9-,12+. The van der Waals surface area contributed by atoms with E-state index in [-0.39, 0.29) is 17.2 Å². The molecule has 16 heavy (non-hydrogen) atoms. The van der Waals surface area contributed by atoms with Crippen LogP contribution in [0.3, 0.4) is 0 Å². The van der Waals surface area contributed by atoms with Gasteiger partial charge in [-0.1, -0.05) is 0 Å². The van der Waals surface area contributed by atoms with E-state index in [9.17, 15) is 9.90 Å².